The molecule has 2 rings (SSSR count). The quantitative estimate of drug-likeness (QED) is 0.679. The summed E-state index contributed by atoms with van der Waals surface area (Å²) in [4.78, 5) is 16.7. The second-order valence-corrected chi connectivity index (χ2v) is 4.86. The highest BCUT2D eigenvalue weighted by Crippen LogP contribution is 2.17. The van der Waals surface area contributed by atoms with E-state index in [0.717, 1.165) is 16.8 Å². The van der Waals surface area contributed by atoms with Gasteiger partial charge in [0.25, 0.3) is 5.91 Å². The third-order valence-corrected chi connectivity index (χ3v) is 3.22. The van der Waals surface area contributed by atoms with E-state index in [1.807, 2.05) is 32.0 Å². The molecule has 0 atom stereocenters. The molecule has 0 spiro atoms. The molecule has 0 saturated heterocycles. The Morgan fingerprint density at radius 1 is 1.23 bits per heavy atom. The lowest BCUT2D eigenvalue weighted by Gasteiger charge is -2.09. The molecule has 1 amide bonds. The average molecular weight is 300 g/mol. The molecule has 1 N–H and O–H groups in total. The Bertz CT molecular complexity index is 682. The number of hydrogen-bond donors (Lipinski definition) is 1. The van der Waals surface area contributed by atoms with Gasteiger partial charge in [-0.1, -0.05) is 29.4 Å². The van der Waals surface area contributed by atoms with E-state index in [2.05, 4.69) is 10.5 Å². The third kappa shape index (κ3) is 4.41. The second kappa shape index (κ2) is 7.36. The van der Waals surface area contributed by atoms with E-state index < -0.39 is 0 Å². The summed E-state index contributed by atoms with van der Waals surface area (Å²) in [5, 5.41) is 6.45. The molecular formula is C17H17FN2O2. The Balaban J connectivity index is 1.83. The minimum Gasteiger partial charge on any atom is -0.386 e. The molecule has 0 aliphatic carbocycles. The number of carbonyl (C=O) groups excluding carboxylic acids is 1. The van der Waals surface area contributed by atoms with Crippen molar-refractivity contribution in [2.24, 2.45) is 5.16 Å². The summed E-state index contributed by atoms with van der Waals surface area (Å²) in [5.41, 5.74) is 3.58. The zero-order chi connectivity index (χ0) is 15.9. The van der Waals surface area contributed by atoms with Crippen LogP contribution >= 0.6 is 0 Å². The van der Waals surface area contributed by atoms with Gasteiger partial charge in [-0.2, -0.15) is 0 Å². The highest BCUT2D eigenvalue weighted by Gasteiger charge is 2.06. The molecule has 0 radical (unpaired) electrons. The molecule has 2 aromatic rings. The van der Waals surface area contributed by atoms with E-state index in [0.29, 0.717) is 5.56 Å². The molecule has 114 valence electrons. The van der Waals surface area contributed by atoms with Crippen molar-refractivity contribution in [3.8, 4) is 0 Å². The number of amides is 1. The summed E-state index contributed by atoms with van der Waals surface area (Å²) < 4.78 is 12.7. The first-order valence-electron chi connectivity index (χ1n) is 6.83. The monoisotopic (exact) mass is 300 g/mol. The largest absolute Gasteiger partial charge is 0.386 e. The zero-order valence-electron chi connectivity index (χ0n) is 12.5. The van der Waals surface area contributed by atoms with Crippen LogP contribution in [0.4, 0.5) is 10.1 Å². The van der Waals surface area contributed by atoms with Gasteiger partial charge in [0.2, 0.25) is 0 Å². The number of nitrogens with one attached hydrogen (secondary N) is 1. The van der Waals surface area contributed by atoms with Crippen LogP contribution in [0.1, 0.15) is 16.7 Å². The Hall–Kier alpha value is -2.69. The summed E-state index contributed by atoms with van der Waals surface area (Å²) in [5.74, 6) is -0.601. The lowest BCUT2D eigenvalue weighted by molar-refractivity contribution is -0.120. The number of halogens is 1. The lowest BCUT2D eigenvalue weighted by Crippen LogP contribution is -2.17. The summed E-state index contributed by atoms with van der Waals surface area (Å²) in [6, 6.07) is 11.5. The summed E-state index contributed by atoms with van der Waals surface area (Å²) in [7, 11) is 0. The molecular weight excluding hydrogens is 283 g/mol. The fourth-order valence-corrected chi connectivity index (χ4v) is 1.82. The molecule has 4 nitrogen and oxygen atoms in total. The van der Waals surface area contributed by atoms with Crippen LogP contribution in [0.25, 0.3) is 0 Å². The molecule has 0 fully saturated rings. The van der Waals surface area contributed by atoms with E-state index >= 15 is 0 Å². The van der Waals surface area contributed by atoms with Crippen LogP contribution in [0, 0.1) is 19.7 Å². The van der Waals surface area contributed by atoms with Crippen molar-refractivity contribution in [3.63, 3.8) is 0 Å². The fraction of sp³-hybridized carbons (Fsp3) is 0.176. The molecule has 0 aromatic heterocycles. The first-order chi connectivity index (χ1) is 10.6. The SMILES string of the molecule is Cc1cccc(NC(=O)CO/N=C/c2ccc(F)cc2)c1C. The normalized spacial score (nSPS) is 10.7. The number of nitrogens with zero attached hydrogens (tertiary/aromatic N) is 1. The summed E-state index contributed by atoms with van der Waals surface area (Å²) in [6.45, 7) is 3.73. The molecule has 0 aliphatic rings. The van der Waals surface area contributed by atoms with E-state index in [1.165, 1.54) is 18.3 Å². The molecule has 5 heteroatoms. The van der Waals surface area contributed by atoms with Crippen molar-refractivity contribution < 1.29 is 14.0 Å². The van der Waals surface area contributed by atoms with E-state index in [1.54, 1.807) is 12.1 Å². The molecule has 0 saturated carbocycles. The maximum Gasteiger partial charge on any atom is 0.265 e. The Kier molecular flexibility index (Phi) is 5.25. The van der Waals surface area contributed by atoms with Gasteiger partial charge in [0.05, 0.1) is 6.21 Å². The van der Waals surface area contributed by atoms with E-state index in [-0.39, 0.29) is 18.3 Å². The first kappa shape index (κ1) is 15.7. The second-order valence-electron chi connectivity index (χ2n) is 4.86. The highest BCUT2D eigenvalue weighted by molar-refractivity contribution is 5.92. The minimum atomic E-state index is -0.314. The fourth-order valence-electron chi connectivity index (χ4n) is 1.82. The predicted octanol–water partition coefficient (Wildman–Crippen LogP) is 3.43. The molecule has 0 aliphatic heterocycles. The minimum absolute atomic E-state index is 0.189. The summed E-state index contributed by atoms with van der Waals surface area (Å²) >= 11 is 0. The van der Waals surface area contributed by atoms with Gasteiger partial charge in [0.1, 0.15) is 5.82 Å². The van der Waals surface area contributed by atoms with Crippen LogP contribution in [0.15, 0.2) is 47.6 Å². The molecule has 0 bridgehead atoms. The van der Waals surface area contributed by atoms with Crippen molar-refractivity contribution in [2.75, 3.05) is 11.9 Å². The number of benzene rings is 2. The van der Waals surface area contributed by atoms with Crippen LogP contribution in [0.5, 0.6) is 0 Å². The molecule has 0 unspecified atom stereocenters. The Labute approximate surface area is 128 Å². The van der Waals surface area contributed by atoms with Crippen molar-refractivity contribution in [1.29, 1.82) is 0 Å². The maximum atomic E-state index is 12.7. The molecule has 22 heavy (non-hydrogen) atoms. The zero-order valence-corrected chi connectivity index (χ0v) is 12.5. The first-order valence-corrected chi connectivity index (χ1v) is 6.83. The van der Waals surface area contributed by atoms with Gasteiger partial charge < -0.3 is 10.2 Å². The molecule has 0 heterocycles. The van der Waals surface area contributed by atoms with Gasteiger partial charge in [-0.25, -0.2) is 4.39 Å². The predicted molar refractivity (Wildman–Crippen MR) is 84.5 cm³/mol. The number of anilines is 1. The number of oxime groups is 1. The van der Waals surface area contributed by atoms with Crippen molar-refractivity contribution in [1.82, 2.24) is 0 Å². The average Bonchev–Trinajstić information content (AvgIpc) is 2.50. The highest BCUT2D eigenvalue weighted by atomic mass is 19.1. The van der Waals surface area contributed by atoms with Gasteiger partial charge in [-0.3, -0.25) is 4.79 Å². The van der Waals surface area contributed by atoms with E-state index in [4.69, 9.17) is 4.84 Å². The van der Waals surface area contributed by atoms with Crippen LogP contribution in [0.2, 0.25) is 0 Å². The van der Waals surface area contributed by atoms with E-state index in [9.17, 15) is 9.18 Å². The Morgan fingerprint density at radius 2 is 1.95 bits per heavy atom. The van der Waals surface area contributed by atoms with Crippen molar-refractivity contribution in [2.45, 2.75) is 13.8 Å². The smallest absolute Gasteiger partial charge is 0.265 e. The lowest BCUT2D eigenvalue weighted by atomic mass is 10.1. The number of rotatable bonds is 5. The summed E-state index contributed by atoms with van der Waals surface area (Å²) in [6.07, 6.45) is 1.42. The van der Waals surface area contributed by atoms with Gasteiger partial charge in [-0.05, 0) is 48.7 Å². The topological polar surface area (TPSA) is 50.7 Å². The van der Waals surface area contributed by atoms with Crippen LogP contribution < -0.4 is 5.32 Å². The number of hydrogen-bond acceptors (Lipinski definition) is 3. The molecule has 2 aromatic carbocycles. The van der Waals surface area contributed by atoms with Crippen LogP contribution in [0.3, 0.4) is 0 Å². The Morgan fingerprint density at radius 3 is 2.68 bits per heavy atom. The van der Waals surface area contributed by atoms with Crippen LogP contribution in [-0.4, -0.2) is 18.7 Å². The van der Waals surface area contributed by atoms with Gasteiger partial charge >= 0.3 is 0 Å². The van der Waals surface area contributed by atoms with Gasteiger partial charge in [-0.15, -0.1) is 0 Å². The third-order valence-electron chi connectivity index (χ3n) is 3.22. The number of aryl methyl sites for hydroxylation is 1. The van der Waals surface area contributed by atoms with Crippen molar-refractivity contribution in [3.05, 3.63) is 65.0 Å². The number of carbonyl (C=O) groups is 1. The maximum absolute atomic E-state index is 12.7. The van der Waals surface area contributed by atoms with Crippen LogP contribution in [-0.2, 0) is 9.63 Å². The van der Waals surface area contributed by atoms with Gasteiger partial charge in [0.15, 0.2) is 6.61 Å². The van der Waals surface area contributed by atoms with Crippen molar-refractivity contribution >= 4 is 17.8 Å². The standard InChI is InChI=1S/C17H17FN2O2/c1-12-4-3-5-16(13(12)2)20-17(21)11-22-19-10-14-6-8-15(18)9-7-14/h3-10H,11H2,1-2H3,(H,20,21)/b19-10+. The van der Waals surface area contributed by atoms with Gasteiger partial charge in [0, 0.05) is 5.69 Å².